The molecule has 2 aromatic carbocycles. The second-order valence-corrected chi connectivity index (χ2v) is 7.22. The molecule has 5 nitrogen and oxygen atoms in total. The molecule has 1 amide bonds. The van der Waals surface area contributed by atoms with Crippen LogP contribution in [0.25, 0.3) is 10.9 Å². The van der Waals surface area contributed by atoms with E-state index in [2.05, 4.69) is 17.1 Å². The molecular formula is C23H24N2O3. The number of rotatable bonds is 4. The summed E-state index contributed by atoms with van der Waals surface area (Å²) in [6.45, 7) is 1.21. The quantitative estimate of drug-likeness (QED) is 0.760. The Morgan fingerprint density at radius 3 is 2.82 bits per heavy atom. The van der Waals surface area contributed by atoms with E-state index in [4.69, 9.17) is 4.74 Å². The van der Waals surface area contributed by atoms with Crippen LogP contribution in [-0.4, -0.2) is 36.0 Å². The zero-order valence-electron chi connectivity index (χ0n) is 16.0. The number of para-hydroxylation sites is 1. The highest BCUT2D eigenvalue weighted by Gasteiger charge is 2.25. The van der Waals surface area contributed by atoms with Crippen molar-refractivity contribution in [3.63, 3.8) is 0 Å². The Hall–Kier alpha value is -2.92. The van der Waals surface area contributed by atoms with Crippen LogP contribution < -0.4 is 5.56 Å². The van der Waals surface area contributed by atoms with Crippen molar-refractivity contribution in [1.29, 1.82) is 0 Å². The smallest absolute Gasteiger partial charge is 0.251 e. The summed E-state index contributed by atoms with van der Waals surface area (Å²) in [4.78, 5) is 30.0. The normalized spacial score (nSPS) is 16.6. The van der Waals surface area contributed by atoms with E-state index in [9.17, 15) is 9.59 Å². The molecule has 3 aromatic rings. The largest absolute Gasteiger partial charge is 0.375 e. The lowest BCUT2D eigenvalue weighted by Crippen LogP contribution is -2.35. The van der Waals surface area contributed by atoms with Crippen molar-refractivity contribution in [2.45, 2.75) is 25.4 Å². The van der Waals surface area contributed by atoms with E-state index >= 15 is 0 Å². The van der Waals surface area contributed by atoms with E-state index in [0.29, 0.717) is 31.5 Å². The van der Waals surface area contributed by atoms with Gasteiger partial charge in [-0.1, -0.05) is 42.5 Å². The average Bonchev–Trinajstić information content (AvgIpc) is 2.91. The third-order valence-electron chi connectivity index (χ3n) is 5.52. The zero-order chi connectivity index (χ0) is 19.5. The van der Waals surface area contributed by atoms with Crippen molar-refractivity contribution in [2.75, 3.05) is 20.2 Å². The van der Waals surface area contributed by atoms with Crippen LogP contribution in [0.3, 0.4) is 0 Å². The molecule has 0 spiro atoms. The topological polar surface area (TPSA) is 62.4 Å². The van der Waals surface area contributed by atoms with Gasteiger partial charge >= 0.3 is 0 Å². The Labute approximate surface area is 163 Å². The number of methoxy groups -OCH3 is 1. The summed E-state index contributed by atoms with van der Waals surface area (Å²) in [5, 5.41) is 0.981. The minimum absolute atomic E-state index is 0.0578. The lowest BCUT2D eigenvalue weighted by Gasteiger charge is -2.24. The van der Waals surface area contributed by atoms with Crippen LogP contribution in [0, 0.1) is 0 Å². The summed E-state index contributed by atoms with van der Waals surface area (Å²) >= 11 is 0. The fourth-order valence-corrected chi connectivity index (χ4v) is 3.93. The molecule has 1 atom stereocenters. The highest BCUT2D eigenvalue weighted by Crippen LogP contribution is 2.26. The molecule has 5 heteroatoms. The molecule has 1 aliphatic heterocycles. The van der Waals surface area contributed by atoms with Crippen LogP contribution in [0.15, 0.2) is 59.4 Å². The maximum atomic E-state index is 12.9. The highest BCUT2D eigenvalue weighted by atomic mass is 16.5. The fourth-order valence-electron chi connectivity index (χ4n) is 3.93. The Kier molecular flexibility index (Phi) is 5.26. The summed E-state index contributed by atoms with van der Waals surface area (Å²) in [6.07, 6.45) is 1.44. The maximum absolute atomic E-state index is 12.9. The van der Waals surface area contributed by atoms with Crippen LogP contribution in [0.4, 0.5) is 0 Å². The Balaban J connectivity index is 1.47. The number of carbonyl (C=O) groups excluding carboxylic acids is 1. The minimum Gasteiger partial charge on any atom is -0.375 e. The molecule has 0 radical (unpaired) electrons. The molecular weight excluding hydrogens is 352 g/mol. The number of hydrogen-bond acceptors (Lipinski definition) is 3. The number of nitrogens with one attached hydrogen (secondary N) is 1. The summed E-state index contributed by atoms with van der Waals surface area (Å²) < 4.78 is 5.66. The second kappa shape index (κ2) is 7.98. The predicted octanol–water partition coefficient (Wildman–Crippen LogP) is 3.23. The number of ether oxygens (including phenoxy) is 1. The molecule has 1 aliphatic rings. The van der Waals surface area contributed by atoms with Crippen molar-refractivity contribution in [1.82, 2.24) is 9.88 Å². The minimum atomic E-state index is -0.121. The van der Waals surface area contributed by atoms with Gasteiger partial charge in [-0.15, -0.1) is 0 Å². The summed E-state index contributed by atoms with van der Waals surface area (Å²) in [5.41, 5.74) is 3.73. The highest BCUT2D eigenvalue weighted by molar-refractivity contribution is 5.79. The number of carbonyl (C=O) groups is 1. The molecule has 2 heterocycles. The van der Waals surface area contributed by atoms with Gasteiger partial charge in [-0.2, -0.15) is 0 Å². The Bertz CT molecular complexity index is 1060. The van der Waals surface area contributed by atoms with Crippen LogP contribution in [-0.2, 0) is 22.4 Å². The first-order valence-electron chi connectivity index (χ1n) is 9.65. The first kappa shape index (κ1) is 18.4. The average molecular weight is 376 g/mol. The monoisotopic (exact) mass is 376 g/mol. The first-order chi connectivity index (χ1) is 13.7. The van der Waals surface area contributed by atoms with Gasteiger partial charge in [-0.05, 0) is 41.5 Å². The molecule has 1 N–H and O–H groups in total. The number of pyridine rings is 1. The molecule has 0 saturated carbocycles. The number of H-pyrrole nitrogens is 1. The predicted molar refractivity (Wildman–Crippen MR) is 109 cm³/mol. The van der Waals surface area contributed by atoms with E-state index in [-0.39, 0.29) is 17.6 Å². The van der Waals surface area contributed by atoms with Crippen molar-refractivity contribution >= 4 is 16.8 Å². The number of benzene rings is 2. The van der Waals surface area contributed by atoms with Gasteiger partial charge in [-0.25, -0.2) is 0 Å². The van der Waals surface area contributed by atoms with Crippen molar-refractivity contribution in [3.8, 4) is 0 Å². The maximum Gasteiger partial charge on any atom is 0.251 e. The van der Waals surface area contributed by atoms with Crippen molar-refractivity contribution in [2.24, 2.45) is 0 Å². The second-order valence-electron chi connectivity index (χ2n) is 7.22. The number of fused-ring (bicyclic) bond motifs is 2. The third kappa shape index (κ3) is 3.71. The van der Waals surface area contributed by atoms with E-state index in [0.717, 1.165) is 22.9 Å². The van der Waals surface area contributed by atoms with Gasteiger partial charge in [-0.3, -0.25) is 9.59 Å². The first-order valence-corrected chi connectivity index (χ1v) is 9.65. The summed E-state index contributed by atoms with van der Waals surface area (Å²) in [6, 6.07) is 17.8. The van der Waals surface area contributed by atoms with Crippen molar-refractivity contribution < 1.29 is 9.53 Å². The number of aromatic nitrogens is 1. The summed E-state index contributed by atoms with van der Waals surface area (Å²) in [7, 11) is 1.68. The van der Waals surface area contributed by atoms with Crippen LogP contribution in [0.5, 0.6) is 0 Å². The lowest BCUT2D eigenvalue weighted by molar-refractivity contribution is -0.132. The number of aryl methyl sites for hydroxylation is 1. The lowest BCUT2D eigenvalue weighted by atomic mass is 10.0. The van der Waals surface area contributed by atoms with E-state index in [1.54, 1.807) is 7.11 Å². The zero-order valence-corrected chi connectivity index (χ0v) is 16.0. The van der Waals surface area contributed by atoms with Gasteiger partial charge in [0.25, 0.3) is 5.56 Å². The SMILES string of the molecule is COC1CN(C(=O)CCc2cc3ccccc3[nH]c2=O)CCc2ccccc21. The van der Waals surface area contributed by atoms with Crippen LogP contribution in [0.2, 0.25) is 0 Å². The standard InChI is InChI=1S/C23H24N2O3/c1-28-21-15-25(13-12-16-6-2-4-8-19(16)21)22(26)11-10-18-14-17-7-3-5-9-20(17)24-23(18)27/h2-9,14,21H,10-13,15H2,1H3,(H,24,27). The molecule has 0 fully saturated rings. The van der Waals surface area contributed by atoms with Gasteiger partial charge in [0, 0.05) is 31.2 Å². The molecule has 0 aliphatic carbocycles. The van der Waals surface area contributed by atoms with Crippen LogP contribution >= 0.6 is 0 Å². The van der Waals surface area contributed by atoms with E-state index in [1.165, 1.54) is 5.56 Å². The van der Waals surface area contributed by atoms with Gasteiger partial charge in [0.15, 0.2) is 0 Å². The van der Waals surface area contributed by atoms with E-state index in [1.807, 2.05) is 47.4 Å². The molecule has 28 heavy (non-hydrogen) atoms. The number of hydrogen-bond donors (Lipinski definition) is 1. The molecule has 0 bridgehead atoms. The van der Waals surface area contributed by atoms with Gasteiger partial charge < -0.3 is 14.6 Å². The number of nitrogens with zero attached hydrogens (tertiary/aromatic N) is 1. The molecule has 1 unspecified atom stereocenters. The van der Waals surface area contributed by atoms with Crippen molar-refractivity contribution in [3.05, 3.63) is 81.6 Å². The Morgan fingerprint density at radius 2 is 1.96 bits per heavy atom. The number of aromatic amines is 1. The molecule has 1 aromatic heterocycles. The molecule has 0 saturated heterocycles. The Morgan fingerprint density at radius 1 is 1.18 bits per heavy atom. The van der Waals surface area contributed by atoms with E-state index < -0.39 is 0 Å². The molecule has 4 rings (SSSR count). The van der Waals surface area contributed by atoms with Gasteiger partial charge in [0.1, 0.15) is 0 Å². The molecule has 144 valence electrons. The van der Waals surface area contributed by atoms with Gasteiger partial charge in [0.05, 0.1) is 12.6 Å². The van der Waals surface area contributed by atoms with Crippen LogP contribution in [0.1, 0.15) is 29.2 Å². The third-order valence-corrected chi connectivity index (χ3v) is 5.52. The summed E-state index contributed by atoms with van der Waals surface area (Å²) in [5.74, 6) is 0.0578. The number of amides is 1. The van der Waals surface area contributed by atoms with Gasteiger partial charge in [0.2, 0.25) is 5.91 Å². The fraction of sp³-hybridized carbons (Fsp3) is 0.304.